The summed E-state index contributed by atoms with van der Waals surface area (Å²) < 4.78 is 14.1. The van der Waals surface area contributed by atoms with E-state index < -0.39 is 0 Å². The first-order chi connectivity index (χ1) is 9.63. The van der Waals surface area contributed by atoms with Gasteiger partial charge in [0.05, 0.1) is 5.69 Å². The Hall–Kier alpha value is -1.88. The van der Waals surface area contributed by atoms with E-state index in [9.17, 15) is 9.18 Å². The molecule has 5 heteroatoms. The van der Waals surface area contributed by atoms with E-state index in [4.69, 9.17) is 0 Å². The van der Waals surface area contributed by atoms with Crippen molar-refractivity contribution in [3.05, 3.63) is 36.7 Å². The fourth-order valence-electron chi connectivity index (χ4n) is 2.34. The Morgan fingerprint density at radius 1 is 1.40 bits per heavy atom. The molecular formula is C15H20FN3O. The van der Waals surface area contributed by atoms with Gasteiger partial charge in [0, 0.05) is 31.9 Å². The van der Waals surface area contributed by atoms with Crippen LogP contribution >= 0.6 is 0 Å². The zero-order valence-corrected chi connectivity index (χ0v) is 11.7. The molecule has 1 aromatic carbocycles. The quantitative estimate of drug-likeness (QED) is 0.856. The lowest BCUT2D eigenvalue weighted by atomic mass is 10.2. The topological polar surface area (TPSA) is 35.6 Å². The lowest BCUT2D eigenvalue weighted by Gasteiger charge is -2.35. The largest absolute Gasteiger partial charge is 0.367 e. The number of carbonyl (C=O) groups excluding carboxylic acids is 1. The second kappa shape index (κ2) is 6.52. The normalized spacial score (nSPS) is 16.0. The highest BCUT2D eigenvalue weighted by atomic mass is 19.1. The highest BCUT2D eigenvalue weighted by Gasteiger charge is 2.18. The minimum absolute atomic E-state index is 0.309. The van der Waals surface area contributed by atoms with Gasteiger partial charge in [0.25, 0.3) is 0 Å². The lowest BCUT2D eigenvalue weighted by molar-refractivity contribution is -0.111. The minimum Gasteiger partial charge on any atom is -0.367 e. The average Bonchev–Trinajstić information content (AvgIpc) is 2.47. The summed E-state index contributed by atoms with van der Waals surface area (Å²) in [5, 5.41) is 2.56. The number of nitrogens with one attached hydrogen (secondary N) is 1. The van der Waals surface area contributed by atoms with E-state index in [2.05, 4.69) is 23.7 Å². The Morgan fingerprint density at radius 2 is 2.10 bits per heavy atom. The first-order valence-electron chi connectivity index (χ1n) is 6.84. The van der Waals surface area contributed by atoms with E-state index in [-0.39, 0.29) is 11.7 Å². The third-order valence-electron chi connectivity index (χ3n) is 3.56. The smallest absolute Gasteiger partial charge is 0.247 e. The van der Waals surface area contributed by atoms with Gasteiger partial charge in [-0.15, -0.1) is 0 Å². The molecule has 4 nitrogen and oxygen atoms in total. The van der Waals surface area contributed by atoms with E-state index in [0.717, 1.165) is 38.8 Å². The van der Waals surface area contributed by atoms with E-state index >= 15 is 0 Å². The molecule has 20 heavy (non-hydrogen) atoms. The molecule has 0 spiro atoms. The number of halogens is 1. The van der Waals surface area contributed by atoms with Crippen molar-refractivity contribution in [2.45, 2.75) is 6.92 Å². The first kappa shape index (κ1) is 14.5. The number of piperazine rings is 1. The van der Waals surface area contributed by atoms with E-state index in [0.29, 0.717) is 11.4 Å². The van der Waals surface area contributed by atoms with Gasteiger partial charge in [0.2, 0.25) is 5.91 Å². The summed E-state index contributed by atoms with van der Waals surface area (Å²) in [6.07, 6.45) is 1.16. The van der Waals surface area contributed by atoms with Gasteiger partial charge in [-0.1, -0.05) is 13.5 Å². The monoisotopic (exact) mass is 277 g/mol. The summed E-state index contributed by atoms with van der Waals surface area (Å²) in [7, 11) is 0. The van der Waals surface area contributed by atoms with E-state index in [1.54, 1.807) is 12.1 Å². The molecule has 108 valence electrons. The molecule has 1 fully saturated rings. The van der Waals surface area contributed by atoms with Crippen LogP contribution in [0.15, 0.2) is 30.9 Å². The number of hydrogen-bond acceptors (Lipinski definition) is 3. The van der Waals surface area contributed by atoms with Gasteiger partial charge in [0.1, 0.15) is 5.82 Å². The van der Waals surface area contributed by atoms with Gasteiger partial charge in [-0.3, -0.25) is 4.79 Å². The third kappa shape index (κ3) is 3.36. The zero-order chi connectivity index (χ0) is 14.5. The molecule has 1 aromatic rings. The summed E-state index contributed by atoms with van der Waals surface area (Å²) in [4.78, 5) is 15.6. The molecule has 0 aliphatic carbocycles. The van der Waals surface area contributed by atoms with Crippen molar-refractivity contribution in [2.24, 2.45) is 0 Å². The maximum absolute atomic E-state index is 14.1. The molecule has 2 rings (SSSR count). The Bertz CT molecular complexity index is 496. The van der Waals surface area contributed by atoms with Crippen molar-refractivity contribution >= 4 is 17.3 Å². The molecule has 0 atom stereocenters. The number of carbonyl (C=O) groups is 1. The predicted molar refractivity (Wildman–Crippen MR) is 79.6 cm³/mol. The second-order valence-electron chi connectivity index (χ2n) is 4.78. The summed E-state index contributed by atoms with van der Waals surface area (Å²) >= 11 is 0. The number of benzene rings is 1. The minimum atomic E-state index is -0.339. The summed E-state index contributed by atoms with van der Waals surface area (Å²) in [5.41, 5.74) is 1.04. The summed E-state index contributed by atoms with van der Waals surface area (Å²) in [5.74, 6) is -0.648. The van der Waals surface area contributed by atoms with Gasteiger partial charge in [-0.25, -0.2) is 4.39 Å². The molecule has 1 amide bonds. The highest BCUT2D eigenvalue weighted by molar-refractivity contribution is 5.98. The van der Waals surface area contributed by atoms with Gasteiger partial charge in [0.15, 0.2) is 0 Å². The number of amides is 1. The van der Waals surface area contributed by atoms with Gasteiger partial charge >= 0.3 is 0 Å². The molecule has 1 aliphatic heterocycles. The molecule has 1 saturated heterocycles. The standard InChI is InChI=1S/C15H20FN3O/c1-3-15(20)17-12-5-6-14(13(16)11-12)19-9-7-18(4-2)8-10-19/h3,5-6,11H,1,4,7-10H2,2H3,(H,17,20). The van der Waals surface area contributed by atoms with E-state index in [1.165, 1.54) is 6.07 Å². The van der Waals surface area contributed by atoms with Crippen molar-refractivity contribution in [3.63, 3.8) is 0 Å². The van der Waals surface area contributed by atoms with Crippen LogP contribution in [0.4, 0.5) is 15.8 Å². The molecule has 1 aliphatic rings. The van der Waals surface area contributed by atoms with Crippen LogP contribution in [0.3, 0.4) is 0 Å². The summed E-state index contributed by atoms with van der Waals surface area (Å²) in [6.45, 7) is 10.1. The molecular weight excluding hydrogens is 257 g/mol. The number of rotatable bonds is 4. The average molecular weight is 277 g/mol. The van der Waals surface area contributed by atoms with Gasteiger partial charge < -0.3 is 15.1 Å². The molecule has 1 heterocycles. The molecule has 0 saturated carbocycles. The van der Waals surface area contributed by atoms with E-state index in [1.807, 2.05) is 4.90 Å². The molecule has 1 N–H and O–H groups in total. The van der Waals surface area contributed by atoms with Crippen LogP contribution in [0.1, 0.15) is 6.92 Å². The first-order valence-corrected chi connectivity index (χ1v) is 6.84. The number of hydrogen-bond donors (Lipinski definition) is 1. The molecule has 0 unspecified atom stereocenters. The fraction of sp³-hybridized carbons (Fsp3) is 0.400. The van der Waals surface area contributed by atoms with Crippen LogP contribution in [0, 0.1) is 5.82 Å². The number of anilines is 2. The van der Waals surface area contributed by atoms with Crippen molar-refractivity contribution in [2.75, 3.05) is 42.9 Å². The third-order valence-corrected chi connectivity index (χ3v) is 3.56. The lowest BCUT2D eigenvalue weighted by Crippen LogP contribution is -2.46. The molecule has 0 bridgehead atoms. The van der Waals surface area contributed by atoms with Crippen molar-refractivity contribution in [3.8, 4) is 0 Å². The van der Waals surface area contributed by atoms with Crippen LogP contribution in [-0.4, -0.2) is 43.5 Å². The van der Waals surface area contributed by atoms with Crippen LogP contribution in [0.5, 0.6) is 0 Å². The molecule has 0 aromatic heterocycles. The zero-order valence-electron chi connectivity index (χ0n) is 11.7. The Morgan fingerprint density at radius 3 is 2.65 bits per heavy atom. The summed E-state index contributed by atoms with van der Waals surface area (Å²) in [6, 6.07) is 4.78. The maximum Gasteiger partial charge on any atom is 0.247 e. The SMILES string of the molecule is C=CC(=O)Nc1ccc(N2CCN(CC)CC2)c(F)c1. The van der Waals surface area contributed by atoms with Crippen molar-refractivity contribution in [1.29, 1.82) is 0 Å². The Balaban J connectivity index is 2.06. The van der Waals surface area contributed by atoms with Crippen molar-refractivity contribution < 1.29 is 9.18 Å². The number of likely N-dealkylation sites (N-methyl/N-ethyl adjacent to an activating group) is 1. The number of nitrogens with zero attached hydrogens (tertiary/aromatic N) is 2. The van der Waals surface area contributed by atoms with Gasteiger partial charge in [-0.05, 0) is 30.8 Å². The van der Waals surface area contributed by atoms with Crippen LogP contribution in [-0.2, 0) is 4.79 Å². The maximum atomic E-state index is 14.1. The van der Waals surface area contributed by atoms with Crippen LogP contribution < -0.4 is 10.2 Å². The highest BCUT2D eigenvalue weighted by Crippen LogP contribution is 2.24. The van der Waals surface area contributed by atoms with Gasteiger partial charge in [-0.2, -0.15) is 0 Å². The fourth-order valence-corrected chi connectivity index (χ4v) is 2.34. The Kier molecular flexibility index (Phi) is 4.74. The second-order valence-corrected chi connectivity index (χ2v) is 4.78. The Labute approximate surface area is 118 Å². The van der Waals surface area contributed by atoms with Crippen LogP contribution in [0.25, 0.3) is 0 Å². The predicted octanol–water partition coefficient (Wildman–Crippen LogP) is 2.09. The molecule has 0 radical (unpaired) electrons. The van der Waals surface area contributed by atoms with Crippen LogP contribution in [0.2, 0.25) is 0 Å². The van der Waals surface area contributed by atoms with Crippen molar-refractivity contribution in [1.82, 2.24) is 4.90 Å².